The summed E-state index contributed by atoms with van der Waals surface area (Å²) in [5, 5.41) is 9.16. The van der Waals surface area contributed by atoms with Crippen LogP contribution in [0.15, 0.2) is 28.7 Å². The second-order valence-corrected chi connectivity index (χ2v) is 5.51. The molecule has 0 aliphatic rings. The Kier molecular flexibility index (Phi) is 6.78. The molecule has 1 unspecified atom stereocenters. The molecule has 0 aliphatic heterocycles. The summed E-state index contributed by atoms with van der Waals surface area (Å²) in [7, 11) is 2.12. The number of benzene rings is 1. The summed E-state index contributed by atoms with van der Waals surface area (Å²) in [6.07, 6.45) is 2.09. The SMILES string of the molecule is CCC(CO)CN(C)CCc1cccc(Br)c1. The summed E-state index contributed by atoms with van der Waals surface area (Å²) < 4.78 is 1.14. The zero-order chi connectivity index (χ0) is 12.7. The molecule has 0 heterocycles. The normalized spacial score (nSPS) is 13.0. The molecule has 3 heteroatoms. The van der Waals surface area contributed by atoms with Gasteiger partial charge in [0.25, 0.3) is 0 Å². The van der Waals surface area contributed by atoms with Crippen LogP contribution in [0.5, 0.6) is 0 Å². The highest BCUT2D eigenvalue weighted by molar-refractivity contribution is 9.10. The lowest BCUT2D eigenvalue weighted by Crippen LogP contribution is -2.29. The average Bonchev–Trinajstić information content (AvgIpc) is 2.33. The van der Waals surface area contributed by atoms with Crippen LogP contribution in [0.2, 0.25) is 0 Å². The van der Waals surface area contributed by atoms with E-state index in [2.05, 4.69) is 53.0 Å². The molecule has 1 aromatic rings. The van der Waals surface area contributed by atoms with E-state index in [9.17, 15) is 0 Å². The molecule has 96 valence electrons. The van der Waals surface area contributed by atoms with Crippen molar-refractivity contribution in [2.45, 2.75) is 19.8 Å². The Morgan fingerprint density at radius 1 is 1.41 bits per heavy atom. The Balaban J connectivity index is 2.35. The van der Waals surface area contributed by atoms with E-state index in [1.54, 1.807) is 0 Å². The summed E-state index contributed by atoms with van der Waals surface area (Å²) in [5.74, 6) is 0.405. The lowest BCUT2D eigenvalue weighted by atomic mass is 10.1. The first-order chi connectivity index (χ1) is 8.15. The van der Waals surface area contributed by atoms with E-state index in [0.29, 0.717) is 5.92 Å². The Labute approximate surface area is 113 Å². The van der Waals surface area contributed by atoms with Gasteiger partial charge < -0.3 is 10.0 Å². The van der Waals surface area contributed by atoms with E-state index in [4.69, 9.17) is 5.11 Å². The lowest BCUT2D eigenvalue weighted by Gasteiger charge is -2.21. The van der Waals surface area contributed by atoms with Crippen molar-refractivity contribution >= 4 is 15.9 Å². The van der Waals surface area contributed by atoms with Crippen LogP contribution in [0.4, 0.5) is 0 Å². The van der Waals surface area contributed by atoms with Gasteiger partial charge in [0.05, 0.1) is 0 Å². The van der Waals surface area contributed by atoms with Crippen molar-refractivity contribution in [2.75, 3.05) is 26.7 Å². The van der Waals surface area contributed by atoms with Crippen molar-refractivity contribution in [3.63, 3.8) is 0 Å². The zero-order valence-corrected chi connectivity index (χ0v) is 12.3. The van der Waals surface area contributed by atoms with Gasteiger partial charge in [-0.1, -0.05) is 35.0 Å². The third-order valence-corrected chi connectivity index (χ3v) is 3.57. The fourth-order valence-electron chi connectivity index (χ4n) is 1.86. The van der Waals surface area contributed by atoms with Crippen molar-refractivity contribution in [1.82, 2.24) is 4.90 Å². The molecule has 17 heavy (non-hydrogen) atoms. The van der Waals surface area contributed by atoms with Crippen LogP contribution in [0.25, 0.3) is 0 Å². The molecule has 0 saturated heterocycles. The highest BCUT2D eigenvalue weighted by atomic mass is 79.9. The van der Waals surface area contributed by atoms with E-state index in [1.165, 1.54) is 5.56 Å². The van der Waals surface area contributed by atoms with Crippen LogP contribution in [0.3, 0.4) is 0 Å². The molecule has 0 fully saturated rings. The van der Waals surface area contributed by atoms with E-state index in [-0.39, 0.29) is 6.61 Å². The maximum atomic E-state index is 9.16. The van der Waals surface area contributed by atoms with E-state index >= 15 is 0 Å². The average molecular weight is 300 g/mol. The Morgan fingerprint density at radius 3 is 2.76 bits per heavy atom. The zero-order valence-electron chi connectivity index (χ0n) is 10.7. The number of hydrogen-bond acceptors (Lipinski definition) is 2. The molecule has 0 spiro atoms. The van der Waals surface area contributed by atoms with Crippen molar-refractivity contribution in [3.05, 3.63) is 34.3 Å². The third kappa shape index (κ3) is 5.66. The molecule has 0 radical (unpaired) electrons. The standard InChI is InChI=1S/C14H22BrNO/c1-3-12(11-17)10-16(2)8-7-13-5-4-6-14(15)9-13/h4-6,9,12,17H,3,7-8,10-11H2,1-2H3. The molecule has 1 rings (SSSR count). The van der Waals surface area contributed by atoms with Crippen LogP contribution < -0.4 is 0 Å². The Morgan fingerprint density at radius 2 is 2.18 bits per heavy atom. The maximum Gasteiger partial charge on any atom is 0.0471 e. The molecule has 0 bridgehead atoms. The van der Waals surface area contributed by atoms with Gasteiger partial charge in [0.1, 0.15) is 0 Å². The summed E-state index contributed by atoms with van der Waals surface area (Å²) in [4.78, 5) is 2.30. The minimum Gasteiger partial charge on any atom is -0.396 e. The smallest absolute Gasteiger partial charge is 0.0471 e. The fourth-order valence-corrected chi connectivity index (χ4v) is 2.31. The van der Waals surface area contributed by atoms with Crippen molar-refractivity contribution in [1.29, 1.82) is 0 Å². The van der Waals surface area contributed by atoms with E-state index in [0.717, 1.165) is 30.4 Å². The first-order valence-corrected chi connectivity index (χ1v) is 6.98. The summed E-state index contributed by atoms with van der Waals surface area (Å²) in [6.45, 7) is 4.43. The predicted octanol–water partition coefficient (Wildman–Crippen LogP) is 2.94. The molecule has 1 atom stereocenters. The quantitative estimate of drug-likeness (QED) is 0.837. The number of rotatable bonds is 7. The number of likely N-dealkylation sites (N-methyl/N-ethyl adjacent to an activating group) is 1. The van der Waals surface area contributed by atoms with Gasteiger partial charge in [0.2, 0.25) is 0 Å². The molecule has 0 aromatic heterocycles. The monoisotopic (exact) mass is 299 g/mol. The second kappa shape index (κ2) is 7.85. The largest absolute Gasteiger partial charge is 0.396 e. The van der Waals surface area contributed by atoms with Crippen LogP contribution in [-0.4, -0.2) is 36.8 Å². The molecular weight excluding hydrogens is 278 g/mol. The summed E-state index contributed by atoms with van der Waals surface area (Å²) >= 11 is 3.49. The van der Waals surface area contributed by atoms with E-state index < -0.39 is 0 Å². The van der Waals surface area contributed by atoms with Gasteiger partial charge in [-0.05, 0) is 43.5 Å². The first kappa shape index (κ1) is 14.7. The number of aliphatic hydroxyl groups is 1. The maximum absolute atomic E-state index is 9.16. The first-order valence-electron chi connectivity index (χ1n) is 6.19. The summed E-state index contributed by atoms with van der Waals surface area (Å²) in [5.41, 5.74) is 1.35. The van der Waals surface area contributed by atoms with Gasteiger partial charge in [-0.15, -0.1) is 0 Å². The number of nitrogens with zero attached hydrogens (tertiary/aromatic N) is 1. The molecule has 0 aliphatic carbocycles. The Bertz CT molecular complexity index is 326. The fraction of sp³-hybridized carbons (Fsp3) is 0.571. The van der Waals surface area contributed by atoms with Crippen LogP contribution >= 0.6 is 15.9 Å². The Hall–Kier alpha value is -0.380. The molecule has 0 saturated carbocycles. The van der Waals surface area contributed by atoms with Crippen molar-refractivity contribution in [2.24, 2.45) is 5.92 Å². The minimum atomic E-state index is 0.289. The highest BCUT2D eigenvalue weighted by Gasteiger charge is 2.08. The van der Waals surface area contributed by atoms with Crippen LogP contribution in [0.1, 0.15) is 18.9 Å². The topological polar surface area (TPSA) is 23.5 Å². The third-order valence-electron chi connectivity index (χ3n) is 3.08. The molecule has 0 amide bonds. The minimum absolute atomic E-state index is 0.289. The lowest BCUT2D eigenvalue weighted by molar-refractivity contribution is 0.177. The summed E-state index contributed by atoms with van der Waals surface area (Å²) in [6, 6.07) is 8.44. The number of hydrogen-bond donors (Lipinski definition) is 1. The molecule has 2 nitrogen and oxygen atoms in total. The van der Waals surface area contributed by atoms with Crippen molar-refractivity contribution in [3.8, 4) is 0 Å². The van der Waals surface area contributed by atoms with Gasteiger partial charge in [-0.25, -0.2) is 0 Å². The number of aliphatic hydroxyl groups excluding tert-OH is 1. The highest BCUT2D eigenvalue weighted by Crippen LogP contribution is 2.12. The predicted molar refractivity (Wildman–Crippen MR) is 76.2 cm³/mol. The van der Waals surface area contributed by atoms with Crippen molar-refractivity contribution < 1.29 is 5.11 Å². The van der Waals surface area contributed by atoms with E-state index in [1.807, 2.05) is 6.07 Å². The van der Waals surface area contributed by atoms with Gasteiger partial charge in [0.15, 0.2) is 0 Å². The molecule has 1 N–H and O–H groups in total. The second-order valence-electron chi connectivity index (χ2n) is 4.60. The van der Waals surface area contributed by atoms with Gasteiger partial charge in [0, 0.05) is 24.2 Å². The van der Waals surface area contributed by atoms with Gasteiger partial charge in [-0.2, -0.15) is 0 Å². The van der Waals surface area contributed by atoms with Crippen LogP contribution in [-0.2, 0) is 6.42 Å². The van der Waals surface area contributed by atoms with Crippen LogP contribution in [0, 0.1) is 5.92 Å². The number of halogens is 1. The molecule has 1 aromatic carbocycles. The van der Waals surface area contributed by atoms with Gasteiger partial charge in [-0.3, -0.25) is 0 Å². The molecular formula is C14H22BrNO. The van der Waals surface area contributed by atoms with Gasteiger partial charge >= 0.3 is 0 Å².